The van der Waals surface area contributed by atoms with Gasteiger partial charge in [-0.05, 0) is 51.6 Å². The Morgan fingerprint density at radius 2 is 1.87 bits per heavy atom. The molecule has 0 bridgehead atoms. The van der Waals surface area contributed by atoms with Gasteiger partial charge in [-0.15, -0.1) is 0 Å². The van der Waals surface area contributed by atoms with Gasteiger partial charge in [0.25, 0.3) is 0 Å². The molecule has 1 saturated carbocycles. The lowest BCUT2D eigenvalue weighted by molar-refractivity contribution is -0.190. The van der Waals surface area contributed by atoms with Crippen LogP contribution in [0.4, 0.5) is 0 Å². The fourth-order valence-corrected chi connectivity index (χ4v) is 3.30. The molecule has 0 aromatic carbocycles. The van der Waals surface area contributed by atoms with Crippen molar-refractivity contribution in [2.75, 3.05) is 13.1 Å². The van der Waals surface area contributed by atoms with Crippen LogP contribution in [-0.4, -0.2) is 34.9 Å². The quantitative estimate of drug-likeness (QED) is 0.628. The Kier molecular flexibility index (Phi) is 2.51. The minimum Gasteiger partial charge on any atom is -0.481 e. The fourth-order valence-electron chi connectivity index (χ4n) is 3.30. The average Bonchev–Trinajstić information content (AvgIpc) is 2.14. The van der Waals surface area contributed by atoms with Crippen molar-refractivity contribution in [2.45, 2.75) is 38.2 Å². The van der Waals surface area contributed by atoms with E-state index in [4.69, 9.17) is 0 Å². The zero-order chi connectivity index (χ0) is 11.1. The van der Waals surface area contributed by atoms with E-state index in [9.17, 15) is 15.0 Å². The molecule has 0 unspecified atom stereocenters. The second-order valence-electron chi connectivity index (χ2n) is 5.34. The Morgan fingerprint density at radius 1 is 1.33 bits per heavy atom. The van der Waals surface area contributed by atoms with Gasteiger partial charge in [0.15, 0.2) is 0 Å². The largest absolute Gasteiger partial charge is 0.481 e. The summed E-state index contributed by atoms with van der Waals surface area (Å²) in [5, 5.41) is 22.3. The summed E-state index contributed by atoms with van der Waals surface area (Å²) in [6.07, 6.45) is 2.67. The van der Waals surface area contributed by atoms with Gasteiger partial charge < -0.3 is 15.5 Å². The molecular formula is C11H19NO3. The summed E-state index contributed by atoms with van der Waals surface area (Å²) in [4.78, 5) is 11.4. The predicted molar refractivity (Wildman–Crippen MR) is 55.5 cm³/mol. The Bertz CT molecular complexity index is 261. The van der Waals surface area contributed by atoms with E-state index in [1.54, 1.807) is 6.92 Å². The van der Waals surface area contributed by atoms with Gasteiger partial charge in [0.1, 0.15) is 0 Å². The number of aliphatic hydroxyl groups is 1. The van der Waals surface area contributed by atoms with E-state index in [1.165, 1.54) is 0 Å². The molecule has 2 rings (SSSR count). The van der Waals surface area contributed by atoms with E-state index in [0.29, 0.717) is 12.8 Å². The maximum atomic E-state index is 11.4. The van der Waals surface area contributed by atoms with Crippen LogP contribution in [0, 0.1) is 11.3 Å². The molecule has 3 N–H and O–H groups in total. The first kappa shape index (κ1) is 10.9. The van der Waals surface area contributed by atoms with Crippen molar-refractivity contribution in [1.29, 1.82) is 0 Å². The van der Waals surface area contributed by atoms with Crippen molar-refractivity contribution in [3.05, 3.63) is 0 Å². The number of hydrogen-bond donors (Lipinski definition) is 3. The smallest absolute Gasteiger partial charge is 0.310 e. The van der Waals surface area contributed by atoms with Crippen LogP contribution in [0.2, 0.25) is 0 Å². The van der Waals surface area contributed by atoms with Gasteiger partial charge in [-0.2, -0.15) is 0 Å². The molecule has 0 aromatic heterocycles. The molecule has 1 aliphatic carbocycles. The number of aliphatic carboxylic acids is 1. The standard InChI is InChI=1S/C11H19NO3/c1-10(15)6-11(7-10,9(13)14)8-2-4-12-5-3-8/h8,12,15H,2-7H2,1H3,(H,13,14). The number of carbonyl (C=O) groups is 1. The van der Waals surface area contributed by atoms with Crippen molar-refractivity contribution in [3.8, 4) is 0 Å². The van der Waals surface area contributed by atoms with E-state index < -0.39 is 17.0 Å². The SMILES string of the molecule is CC1(O)CC(C(=O)O)(C2CCNCC2)C1. The highest BCUT2D eigenvalue weighted by molar-refractivity contribution is 5.77. The monoisotopic (exact) mass is 213 g/mol. The maximum Gasteiger partial charge on any atom is 0.310 e. The molecule has 0 atom stereocenters. The van der Waals surface area contributed by atoms with E-state index in [-0.39, 0.29) is 5.92 Å². The van der Waals surface area contributed by atoms with Gasteiger partial charge in [0.05, 0.1) is 11.0 Å². The molecular weight excluding hydrogens is 194 g/mol. The van der Waals surface area contributed by atoms with E-state index in [1.807, 2.05) is 0 Å². The molecule has 0 amide bonds. The first-order chi connectivity index (χ1) is 6.96. The highest BCUT2D eigenvalue weighted by Crippen LogP contribution is 2.55. The van der Waals surface area contributed by atoms with Gasteiger partial charge in [-0.3, -0.25) is 4.79 Å². The zero-order valence-corrected chi connectivity index (χ0v) is 9.12. The second-order valence-corrected chi connectivity index (χ2v) is 5.34. The van der Waals surface area contributed by atoms with E-state index in [0.717, 1.165) is 25.9 Å². The van der Waals surface area contributed by atoms with E-state index >= 15 is 0 Å². The average molecular weight is 213 g/mol. The molecule has 1 saturated heterocycles. The van der Waals surface area contributed by atoms with Gasteiger partial charge in [0.2, 0.25) is 0 Å². The number of hydrogen-bond acceptors (Lipinski definition) is 3. The molecule has 2 fully saturated rings. The normalized spacial score (nSPS) is 42.3. The lowest BCUT2D eigenvalue weighted by Crippen LogP contribution is -2.59. The van der Waals surface area contributed by atoms with Gasteiger partial charge in [-0.1, -0.05) is 0 Å². The minimum absolute atomic E-state index is 0.233. The van der Waals surface area contributed by atoms with Crippen LogP contribution in [0.25, 0.3) is 0 Å². The second kappa shape index (κ2) is 3.46. The van der Waals surface area contributed by atoms with Gasteiger partial charge in [-0.25, -0.2) is 0 Å². The third-order valence-corrected chi connectivity index (χ3v) is 3.94. The summed E-state index contributed by atoms with van der Waals surface area (Å²) in [7, 11) is 0. The number of rotatable bonds is 2. The van der Waals surface area contributed by atoms with Crippen molar-refractivity contribution in [3.63, 3.8) is 0 Å². The summed E-state index contributed by atoms with van der Waals surface area (Å²) in [6.45, 7) is 3.54. The van der Waals surface area contributed by atoms with Crippen LogP contribution in [0.1, 0.15) is 32.6 Å². The molecule has 2 aliphatic rings. The molecule has 1 aliphatic heterocycles. The number of carboxylic acid groups (broad SMARTS) is 1. The fraction of sp³-hybridized carbons (Fsp3) is 0.909. The Morgan fingerprint density at radius 3 is 2.27 bits per heavy atom. The number of piperidine rings is 1. The summed E-state index contributed by atoms with van der Waals surface area (Å²) in [5.41, 5.74) is -1.41. The zero-order valence-electron chi connectivity index (χ0n) is 9.12. The molecule has 4 heteroatoms. The topological polar surface area (TPSA) is 69.6 Å². The molecule has 86 valence electrons. The predicted octanol–water partition coefficient (Wildman–Crippen LogP) is 0.602. The Hall–Kier alpha value is -0.610. The van der Waals surface area contributed by atoms with Crippen LogP contribution in [-0.2, 0) is 4.79 Å². The van der Waals surface area contributed by atoms with Gasteiger partial charge >= 0.3 is 5.97 Å². The number of carboxylic acids is 1. The first-order valence-corrected chi connectivity index (χ1v) is 5.63. The Balaban J connectivity index is 2.10. The lowest BCUT2D eigenvalue weighted by Gasteiger charge is -2.53. The molecule has 4 nitrogen and oxygen atoms in total. The lowest BCUT2D eigenvalue weighted by atomic mass is 9.52. The molecule has 15 heavy (non-hydrogen) atoms. The molecule has 0 radical (unpaired) electrons. The van der Waals surface area contributed by atoms with Crippen molar-refractivity contribution < 1.29 is 15.0 Å². The minimum atomic E-state index is -0.761. The number of nitrogens with one attached hydrogen (secondary N) is 1. The maximum absolute atomic E-state index is 11.4. The summed E-state index contributed by atoms with van der Waals surface area (Å²) >= 11 is 0. The van der Waals surface area contributed by atoms with Crippen LogP contribution in [0.15, 0.2) is 0 Å². The van der Waals surface area contributed by atoms with E-state index in [2.05, 4.69) is 5.32 Å². The van der Waals surface area contributed by atoms with Crippen LogP contribution >= 0.6 is 0 Å². The highest BCUT2D eigenvalue weighted by atomic mass is 16.4. The van der Waals surface area contributed by atoms with Crippen molar-refractivity contribution >= 4 is 5.97 Å². The third kappa shape index (κ3) is 1.76. The van der Waals surface area contributed by atoms with Crippen molar-refractivity contribution in [2.24, 2.45) is 11.3 Å². The highest BCUT2D eigenvalue weighted by Gasteiger charge is 2.59. The van der Waals surface area contributed by atoms with Crippen LogP contribution in [0.5, 0.6) is 0 Å². The Labute approximate surface area is 89.7 Å². The molecule has 0 aromatic rings. The van der Waals surface area contributed by atoms with Crippen LogP contribution in [0.3, 0.4) is 0 Å². The van der Waals surface area contributed by atoms with Gasteiger partial charge in [0, 0.05) is 0 Å². The summed E-state index contributed by atoms with van der Waals surface area (Å²) < 4.78 is 0. The van der Waals surface area contributed by atoms with Crippen LogP contribution < -0.4 is 5.32 Å². The first-order valence-electron chi connectivity index (χ1n) is 5.63. The van der Waals surface area contributed by atoms with Crippen molar-refractivity contribution in [1.82, 2.24) is 5.32 Å². The molecule has 0 spiro atoms. The molecule has 1 heterocycles. The summed E-state index contributed by atoms with van der Waals surface area (Å²) in [6, 6.07) is 0. The third-order valence-electron chi connectivity index (χ3n) is 3.94. The summed E-state index contributed by atoms with van der Waals surface area (Å²) in [5.74, 6) is -0.489.